The average molecular weight is 338 g/mol. The molecule has 0 spiro atoms. The van der Waals surface area contributed by atoms with Gasteiger partial charge in [-0.2, -0.15) is 0 Å². The summed E-state index contributed by atoms with van der Waals surface area (Å²) >= 11 is 7.28. The smallest absolute Gasteiger partial charge is 0.226 e. The van der Waals surface area contributed by atoms with Crippen molar-refractivity contribution in [2.45, 2.75) is 38.6 Å². The van der Waals surface area contributed by atoms with Crippen LogP contribution in [0.4, 0.5) is 5.13 Å². The molecule has 22 heavy (non-hydrogen) atoms. The molecule has 2 rings (SSSR count). The standard InChI is InChI=1S/C16H20ClN3OS/c1-11(18)9-14-10-22-16(19-14)20-15(21)4-2-3-12-5-7-13(17)8-6-12/h5-8,10-11H,2-4,9,18H2,1H3,(H,19,20,21). The summed E-state index contributed by atoms with van der Waals surface area (Å²) in [6, 6.07) is 7.78. The number of aryl methyl sites for hydroxylation is 1. The van der Waals surface area contributed by atoms with E-state index < -0.39 is 0 Å². The summed E-state index contributed by atoms with van der Waals surface area (Å²) in [7, 11) is 0. The minimum absolute atomic E-state index is 0.00402. The molecular weight excluding hydrogens is 318 g/mol. The van der Waals surface area contributed by atoms with E-state index in [0.29, 0.717) is 11.6 Å². The highest BCUT2D eigenvalue weighted by Gasteiger charge is 2.08. The molecule has 0 fully saturated rings. The molecule has 3 N–H and O–H groups in total. The molecule has 0 aliphatic heterocycles. The lowest BCUT2D eigenvalue weighted by atomic mass is 10.1. The van der Waals surface area contributed by atoms with Crippen molar-refractivity contribution in [2.24, 2.45) is 5.73 Å². The van der Waals surface area contributed by atoms with Gasteiger partial charge in [0.2, 0.25) is 5.91 Å². The van der Waals surface area contributed by atoms with Crippen molar-refractivity contribution in [3.63, 3.8) is 0 Å². The second kappa shape index (κ2) is 8.27. The lowest BCUT2D eigenvalue weighted by Gasteiger charge is -2.03. The number of carbonyl (C=O) groups excluding carboxylic acids is 1. The lowest BCUT2D eigenvalue weighted by Crippen LogP contribution is -2.18. The number of amides is 1. The molecule has 1 amide bonds. The third-order valence-electron chi connectivity index (χ3n) is 3.11. The van der Waals surface area contributed by atoms with Crippen LogP contribution in [0.3, 0.4) is 0 Å². The first kappa shape index (κ1) is 16.9. The highest BCUT2D eigenvalue weighted by molar-refractivity contribution is 7.13. The average Bonchev–Trinajstić information content (AvgIpc) is 2.87. The Bertz CT molecular complexity index is 610. The van der Waals surface area contributed by atoms with Crippen LogP contribution in [-0.2, 0) is 17.6 Å². The van der Waals surface area contributed by atoms with Crippen molar-refractivity contribution < 1.29 is 4.79 Å². The van der Waals surface area contributed by atoms with Gasteiger partial charge >= 0.3 is 0 Å². The molecular formula is C16H20ClN3OS. The van der Waals surface area contributed by atoms with E-state index in [1.54, 1.807) is 0 Å². The fraction of sp³-hybridized carbons (Fsp3) is 0.375. The Labute approximate surface area is 139 Å². The number of nitrogens with zero attached hydrogens (tertiary/aromatic N) is 1. The third kappa shape index (κ3) is 5.75. The summed E-state index contributed by atoms with van der Waals surface area (Å²) in [6.07, 6.45) is 2.86. The van der Waals surface area contributed by atoms with E-state index in [-0.39, 0.29) is 11.9 Å². The highest BCUT2D eigenvalue weighted by atomic mass is 35.5. The predicted octanol–water partition coefficient (Wildman–Crippen LogP) is 3.65. The van der Waals surface area contributed by atoms with Gasteiger partial charge in [-0.1, -0.05) is 23.7 Å². The van der Waals surface area contributed by atoms with Gasteiger partial charge in [-0.05, 0) is 37.5 Å². The molecule has 4 nitrogen and oxygen atoms in total. The van der Waals surface area contributed by atoms with Gasteiger partial charge in [-0.3, -0.25) is 4.79 Å². The van der Waals surface area contributed by atoms with Crippen molar-refractivity contribution >= 4 is 34.0 Å². The van der Waals surface area contributed by atoms with Crippen molar-refractivity contribution in [3.05, 3.63) is 45.9 Å². The molecule has 0 bridgehead atoms. The van der Waals surface area contributed by atoms with Gasteiger partial charge in [0, 0.05) is 29.3 Å². The topological polar surface area (TPSA) is 68.0 Å². The summed E-state index contributed by atoms with van der Waals surface area (Å²) in [5.74, 6) is -0.00402. The Kier molecular flexibility index (Phi) is 6.36. The van der Waals surface area contributed by atoms with Crippen molar-refractivity contribution in [2.75, 3.05) is 5.32 Å². The maximum Gasteiger partial charge on any atom is 0.226 e. The lowest BCUT2D eigenvalue weighted by molar-refractivity contribution is -0.116. The number of thiazole rings is 1. The van der Waals surface area contributed by atoms with E-state index in [2.05, 4.69) is 10.3 Å². The summed E-state index contributed by atoms with van der Waals surface area (Å²) < 4.78 is 0. The second-order valence-corrected chi connectivity index (χ2v) is 6.65. The molecule has 1 aromatic carbocycles. The fourth-order valence-corrected chi connectivity index (χ4v) is 2.94. The summed E-state index contributed by atoms with van der Waals surface area (Å²) in [5, 5.41) is 6.15. The van der Waals surface area contributed by atoms with Crippen LogP contribution in [0.1, 0.15) is 31.0 Å². The van der Waals surface area contributed by atoms with Gasteiger partial charge in [-0.25, -0.2) is 4.98 Å². The van der Waals surface area contributed by atoms with Crippen LogP contribution in [-0.4, -0.2) is 16.9 Å². The molecule has 118 valence electrons. The van der Waals surface area contributed by atoms with E-state index in [4.69, 9.17) is 17.3 Å². The van der Waals surface area contributed by atoms with Gasteiger partial charge in [-0.15, -0.1) is 11.3 Å². The number of nitrogens with two attached hydrogens (primary N) is 1. The molecule has 0 radical (unpaired) electrons. The molecule has 1 unspecified atom stereocenters. The van der Waals surface area contributed by atoms with Crippen LogP contribution in [0.25, 0.3) is 0 Å². The minimum atomic E-state index is -0.00402. The van der Waals surface area contributed by atoms with Crippen LogP contribution >= 0.6 is 22.9 Å². The molecule has 1 aromatic heterocycles. The number of hydrogen-bond acceptors (Lipinski definition) is 4. The zero-order chi connectivity index (χ0) is 15.9. The van der Waals surface area contributed by atoms with Crippen LogP contribution in [0.15, 0.2) is 29.6 Å². The van der Waals surface area contributed by atoms with Crippen molar-refractivity contribution in [1.82, 2.24) is 4.98 Å². The first-order chi connectivity index (χ1) is 10.5. The number of anilines is 1. The van der Waals surface area contributed by atoms with E-state index >= 15 is 0 Å². The highest BCUT2D eigenvalue weighted by Crippen LogP contribution is 2.17. The SMILES string of the molecule is CC(N)Cc1csc(NC(=O)CCCc2ccc(Cl)cc2)n1. The molecule has 6 heteroatoms. The Morgan fingerprint density at radius 3 is 2.82 bits per heavy atom. The zero-order valence-electron chi connectivity index (χ0n) is 12.5. The number of rotatable bonds is 7. The van der Waals surface area contributed by atoms with Gasteiger partial charge in [0.05, 0.1) is 5.69 Å². The quantitative estimate of drug-likeness (QED) is 0.810. The van der Waals surface area contributed by atoms with Gasteiger partial charge in [0.1, 0.15) is 0 Å². The molecule has 1 atom stereocenters. The predicted molar refractivity (Wildman–Crippen MR) is 92.5 cm³/mol. The Morgan fingerprint density at radius 1 is 1.41 bits per heavy atom. The number of benzene rings is 1. The summed E-state index contributed by atoms with van der Waals surface area (Å²) in [6.45, 7) is 1.94. The molecule has 0 saturated heterocycles. The number of aromatic nitrogens is 1. The van der Waals surface area contributed by atoms with Crippen LogP contribution in [0.5, 0.6) is 0 Å². The zero-order valence-corrected chi connectivity index (χ0v) is 14.1. The molecule has 0 saturated carbocycles. The summed E-state index contributed by atoms with van der Waals surface area (Å²) in [4.78, 5) is 16.3. The first-order valence-corrected chi connectivity index (χ1v) is 8.53. The second-order valence-electron chi connectivity index (χ2n) is 5.35. The van der Waals surface area contributed by atoms with Crippen LogP contribution in [0.2, 0.25) is 5.02 Å². The minimum Gasteiger partial charge on any atom is -0.328 e. The normalized spacial score (nSPS) is 12.1. The first-order valence-electron chi connectivity index (χ1n) is 7.27. The van der Waals surface area contributed by atoms with Gasteiger partial charge < -0.3 is 11.1 Å². The summed E-state index contributed by atoms with van der Waals surface area (Å²) in [5.41, 5.74) is 7.85. The molecule has 1 heterocycles. The molecule has 0 aliphatic carbocycles. The fourth-order valence-electron chi connectivity index (χ4n) is 2.07. The number of halogens is 1. The maximum absolute atomic E-state index is 11.9. The Hall–Kier alpha value is -1.43. The number of carbonyl (C=O) groups is 1. The number of hydrogen-bond donors (Lipinski definition) is 2. The van der Waals surface area contributed by atoms with Crippen LogP contribution in [0, 0.1) is 0 Å². The maximum atomic E-state index is 11.9. The van der Waals surface area contributed by atoms with E-state index in [1.165, 1.54) is 16.9 Å². The van der Waals surface area contributed by atoms with Crippen LogP contribution < -0.4 is 11.1 Å². The van der Waals surface area contributed by atoms with E-state index in [9.17, 15) is 4.79 Å². The Balaban J connectivity index is 1.73. The third-order valence-corrected chi connectivity index (χ3v) is 4.17. The van der Waals surface area contributed by atoms with Gasteiger partial charge in [0.15, 0.2) is 5.13 Å². The largest absolute Gasteiger partial charge is 0.328 e. The molecule has 2 aromatic rings. The number of nitrogens with one attached hydrogen (secondary N) is 1. The van der Waals surface area contributed by atoms with E-state index in [0.717, 1.165) is 30.0 Å². The van der Waals surface area contributed by atoms with Gasteiger partial charge in [0.25, 0.3) is 0 Å². The van der Waals surface area contributed by atoms with E-state index in [1.807, 2.05) is 36.6 Å². The van der Waals surface area contributed by atoms with Crippen molar-refractivity contribution in [3.8, 4) is 0 Å². The Morgan fingerprint density at radius 2 is 2.14 bits per heavy atom. The molecule has 0 aliphatic rings. The monoisotopic (exact) mass is 337 g/mol. The van der Waals surface area contributed by atoms with Crippen molar-refractivity contribution in [1.29, 1.82) is 0 Å².